The van der Waals surface area contributed by atoms with Gasteiger partial charge in [0, 0.05) is 31.5 Å². The normalized spacial score (nSPS) is 23.8. The fraction of sp³-hybridized carbons (Fsp3) is 0.667. The second-order valence-corrected chi connectivity index (χ2v) is 6.02. The monoisotopic (exact) mass is 250 g/mol. The van der Waals surface area contributed by atoms with Crippen molar-refractivity contribution in [1.82, 2.24) is 15.1 Å². The number of nitrogens with one attached hydrogen (secondary N) is 1. The molecule has 2 heterocycles. The first-order valence-electron chi connectivity index (χ1n) is 6.25. The lowest BCUT2D eigenvalue weighted by atomic mass is 10.3. The molecule has 0 bridgehead atoms. The Morgan fingerprint density at radius 1 is 1.53 bits per heavy atom. The van der Waals surface area contributed by atoms with Gasteiger partial charge >= 0.3 is 0 Å². The molecule has 1 aliphatic heterocycles. The number of rotatable bonds is 4. The SMILES string of the molecule is Cn1ccc(CCNC2=NCC(C3CC3)S2)n1. The Morgan fingerprint density at radius 2 is 2.41 bits per heavy atom. The van der Waals surface area contributed by atoms with E-state index in [9.17, 15) is 0 Å². The average molecular weight is 250 g/mol. The Balaban J connectivity index is 1.40. The quantitative estimate of drug-likeness (QED) is 0.879. The third kappa shape index (κ3) is 2.83. The highest BCUT2D eigenvalue weighted by atomic mass is 32.2. The molecule has 1 saturated carbocycles. The van der Waals surface area contributed by atoms with Gasteiger partial charge in [-0.1, -0.05) is 11.8 Å². The summed E-state index contributed by atoms with van der Waals surface area (Å²) < 4.78 is 1.85. The Bertz CT molecular complexity index is 422. The molecule has 1 aromatic heterocycles. The van der Waals surface area contributed by atoms with Crippen LogP contribution in [0.5, 0.6) is 0 Å². The fourth-order valence-corrected chi connectivity index (χ4v) is 3.33. The summed E-state index contributed by atoms with van der Waals surface area (Å²) in [5.41, 5.74) is 1.14. The highest BCUT2D eigenvalue weighted by Gasteiger charge is 2.35. The number of aryl methyl sites for hydroxylation is 1. The van der Waals surface area contributed by atoms with Gasteiger partial charge in [-0.3, -0.25) is 9.67 Å². The molecule has 17 heavy (non-hydrogen) atoms. The van der Waals surface area contributed by atoms with Crippen molar-refractivity contribution >= 4 is 16.9 Å². The largest absolute Gasteiger partial charge is 0.365 e. The zero-order valence-electron chi connectivity index (χ0n) is 10.1. The third-order valence-electron chi connectivity index (χ3n) is 3.25. The Labute approximate surface area is 106 Å². The molecule has 1 aliphatic carbocycles. The highest BCUT2D eigenvalue weighted by Crippen LogP contribution is 2.41. The lowest BCUT2D eigenvalue weighted by molar-refractivity contribution is 0.731. The molecule has 92 valence electrons. The number of amidine groups is 1. The van der Waals surface area contributed by atoms with Crippen LogP contribution in [0.25, 0.3) is 0 Å². The van der Waals surface area contributed by atoms with Crippen LogP contribution in [0.1, 0.15) is 18.5 Å². The number of hydrogen-bond donors (Lipinski definition) is 1. The molecule has 0 aromatic carbocycles. The van der Waals surface area contributed by atoms with E-state index in [4.69, 9.17) is 0 Å². The van der Waals surface area contributed by atoms with E-state index in [-0.39, 0.29) is 0 Å². The molecular formula is C12H18N4S. The Kier molecular flexibility index (Phi) is 3.09. The molecule has 2 aliphatic rings. The van der Waals surface area contributed by atoms with Gasteiger partial charge in [0.05, 0.1) is 12.2 Å². The van der Waals surface area contributed by atoms with Crippen molar-refractivity contribution in [2.24, 2.45) is 18.0 Å². The summed E-state index contributed by atoms with van der Waals surface area (Å²) >= 11 is 1.93. The molecule has 1 fully saturated rings. The van der Waals surface area contributed by atoms with E-state index < -0.39 is 0 Å². The molecular weight excluding hydrogens is 232 g/mol. The molecule has 5 heteroatoms. The summed E-state index contributed by atoms with van der Waals surface area (Å²) in [6.45, 7) is 1.95. The van der Waals surface area contributed by atoms with Gasteiger partial charge < -0.3 is 5.32 Å². The maximum absolute atomic E-state index is 4.56. The van der Waals surface area contributed by atoms with Crippen molar-refractivity contribution in [1.29, 1.82) is 0 Å². The fourth-order valence-electron chi connectivity index (χ4n) is 2.10. The van der Waals surface area contributed by atoms with Crippen LogP contribution in [-0.4, -0.2) is 33.3 Å². The predicted octanol–water partition coefficient (Wildman–Crippen LogP) is 1.43. The van der Waals surface area contributed by atoms with E-state index in [0.29, 0.717) is 0 Å². The van der Waals surface area contributed by atoms with Crippen LogP contribution in [0.2, 0.25) is 0 Å². The van der Waals surface area contributed by atoms with Crippen LogP contribution in [0.3, 0.4) is 0 Å². The molecule has 0 spiro atoms. The second-order valence-electron chi connectivity index (χ2n) is 4.80. The highest BCUT2D eigenvalue weighted by molar-refractivity contribution is 8.14. The van der Waals surface area contributed by atoms with Crippen LogP contribution in [0.4, 0.5) is 0 Å². The zero-order chi connectivity index (χ0) is 11.7. The van der Waals surface area contributed by atoms with Gasteiger partial charge in [-0.15, -0.1) is 0 Å². The van der Waals surface area contributed by atoms with E-state index in [0.717, 1.165) is 41.5 Å². The molecule has 3 rings (SSSR count). The van der Waals surface area contributed by atoms with Gasteiger partial charge in [-0.05, 0) is 24.8 Å². The standard InChI is InChI=1S/C12H18N4S/c1-16-7-5-10(15-16)4-6-13-12-14-8-11(17-12)9-2-3-9/h5,7,9,11H,2-4,6,8H2,1H3,(H,13,14). The van der Waals surface area contributed by atoms with E-state index in [1.807, 2.05) is 29.7 Å². The van der Waals surface area contributed by atoms with Crippen molar-refractivity contribution in [3.63, 3.8) is 0 Å². The number of aromatic nitrogens is 2. The van der Waals surface area contributed by atoms with Crippen LogP contribution in [0, 0.1) is 5.92 Å². The summed E-state index contributed by atoms with van der Waals surface area (Å²) in [7, 11) is 1.95. The van der Waals surface area contributed by atoms with Gasteiger partial charge in [0.25, 0.3) is 0 Å². The third-order valence-corrected chi connectivity index (χ3v) is 4.59. The summed E-state index contributed by atoms with van der Waals surface area (Å²) in [5, 5.41) is 9.67. The van der Waals surface area contributed by atoms with Gasteiger partial charge in [0.1, 0.15) is 0 Å². The van der Waals surface area contributed by atoms with Crippen molar-refractivity contribution in [2.45, 2.75) is 24.5 Å². The first kappa shape index (κ1) is 11.1. The average Bonchev–Trinajstić information content (AvgIpc) is 2.93. The molecule has 0 amide bonds. The molecule has 1 atom stereocenters. The summed E-state index contributed by atoms with van der Waals surface area (Å²) in [6.07, 6.45) is 5.78. The lowest BCUT2D eigenvalue weighted by Gasteiger charge is -2.06. The van der Waals surface area contributed by atoms with Crippen LogP contribution >= 0.6 is 11.8 Å². The Hall–Kier alpha value is -0.970. The maximum atomic E-state index is 4.56. The van der Waals surface area contributed by atoms with Gasteiger partial charge in [0.2, 0.25) is 0 Å². The summed E-state index contributed by atoms with van der Waals surface area (Å²) in [5.74, 6) is 0.943. The van der Waals surface area contributed by atoms with Crippen LogP contribution in [0.15, 0.2) is 17.3 Å². The molecule has 1 N–H and O–H groups in total. The van der Waals surface area contributed by atoms with Gasteiger partial charge in [0.15, 0.2) is 5.17 Å². The number of nitrogens with zero attached hydrogens (tertiary/aromatic N) is 3. The maximum Gasteiger partial charge on any atom is 0.156 e. The van der Waals surface area contributed by atoms with Crippen LogP contribution in [-0.2, 0) is 13.5 Å². The number of aliphatic imine (C=N–C) groups is 1. The molecule has 1 aromatic rings. The lowest BCUT2D eigenvalue weighted by Crippen LogP contribution is -2.22. The van der Waals surface area contributed by atoms with E-state index in [1.54, 1.807) is 0 Å². The summed E-state index contributed by atoms with van der Waals surface area (Å²) in [6, 6.07) is 2.07. The van der Waals surface area contributed by atoms with Gasteiger partial charge in [-0.25, -0.2) is 0 Å². The zero-order valence-corrected chi connectivity index (χ0v) is 10.9. The topological polar surface area (TPSA) is 42.2 Å². The number of hydrogen-bond acceptors (Lipinski definition) is 4. The smallest absolute Gasteiger partial charge is 0.156 e. The first-order valence-corrected chi connectivity index (χ1v) is 7.13. The molecule has 1 unspecified atom stereocenters. The minimum absolute atomic E-state index is 0.757. The van der Waals surface area contributed by atoms with Crippen molar-refractivity contribution in [2.75, 3.05) is 13.1 Å². The van der Waals surface area contributed by atoms with Crippen molar-refractivity contribution in [3.8, 4) is 0 Å². The van der Waals surface area contributed by atoms with E-state index in [1.165, 1.54) is 12.8 Å². The molecule has 0 saturated heterocycles. The molecule has 0 radical (unpaired) electrons. The first-order chi connectivity index (χ1) is 8.31. The minimum atomic E-state index is 0.757. The van der Waals surface area contributed by atoms with Crippen molar-refractivity contribution < 1.29 is 0 Å². The van der Waals surface area contributed by atoms with E-state index in [2.05, 4.69) is 21.5 Å². The Morgan fingerprint density at radius 3 is 3.12 bits per heavy atom. The van der Waals surface area contributed by atoms with Gasteiger partial charge in [-0.2, -0.15) is 5.10 Å². The predicted molar refractivity (Wildman–Crippen MR) is 71.3 cm³/mol. The minimum Gasteiger partial charge on any atom is -0.365 e. The van der Waals surface area contributed by atoms with E-state index >= 15 is 0 Å². The molecule has 4 nitrogen and oxygen atoms in total. The van der Waals surface area contributed by atoms with Crippen molar-refractivity contribution in [3.05, 3.63) is 18.0 Å². The second kappa shape index (κ2) is 4.72. The summed E-state index contributed by atoms with van der Waals surface area (Å²) in [4.78, 5) is 4.56. The van der Waals surface area contributed by atoms with Crippen LogP contribution < -0.4 is 5.32 Å². The number of thioether (sulfide) groups is 1.